The highest BCUT2D eigenvalue weighted by Gasteiger charge is 2.26. The Morgan fingerprint density at radius 3 is 2.60 bits per heavy atom. The second kappa shape index (κ2) is 10.8. The van der Waals surface area contributed by atoms with Gasteiger partial charge < -0.3 is 14.2 Å². The second-order valence-electron chi connectivity index (χ2n) is 7.62. The van der Waals surface area contributed by atoms with Crippen LogP contribution in [-0.4, -0.2) is 56.1 Å². The van der Waals surface area contributed by atoms with E-state index in [2.05, 4.69) is 15.9 Å². The van der Waals surface area contributed by atoms with Gasteiger partial charge in [-0.3, -0.25) is 9.69 Å². The molecule has 162 valence electrons. The minimum Gasteiger partial charge on any atom is -0.378 e. The first kappa shape index (κ1) is 21.9. The zero-order valence-corrected chi connectivity index (χ0v) is 19.3. The number of aromatic nitrogens is 1. The monoisotopic (exact) mass is 494 g/mol. The molecule has 0 aliphatic carbocycles. The van der Waals surface area contributed by atoms with Gasteiger partial charge in [-0.2, -0.15) is 0 Å². The fourth-order valence-electron chi connectivity index (χ4n) is 3.71. The van der Waals surface area contributed by atoms with Crippen LogP contribution >= 0.6 is 27.3 Å². The van der Waals surface area contributed by atoms with E-state index in [0.29, 0.717) is 31.3 Å². The van der Waals surface area contributed by atoms with Crippen LogP contribution in [0.25, 0.3) is 11.3 Å². The lowest BCUT2D eigenvalue weighted by atomic mass is 10.2. The Bertz CT molecular complexity index is 817. The van der Waals surface area contributed by atoms with Crippen molar-refractivity contribution in [2.24, 2.45) is 0 Å². The highest BCUT2D eigenvalue weighted by Crippen LogP contribution is 2.30. The average Bonchev–Trinajstić information content (AvgIpc) is 3.53. The zero-order chi connectivity index (χ0) is 20.8. The largest absolute Gasteiger partial charge is 0.378 e. The number of halogens is 1. The molecule has 2 saturated heterocycles. The van der Waals surface area contributed by atoms with E-state index in [1.807, 2.05) is 29.6 Å². The average molecular weight is 495 g/mol. The van der Waals surface area contributed by atoms with E-state index in [0.717, 1.165) is 54.6 Å². The number of thiazole rings is 1. The SMILES string of the molecule is O=C(CCOCC1CCCO1)N(CC1CCCO1)c1nc(-c2ccc(Br)cc2)cs1. The van der Waals surface area contributed by atoms with Crippen molar-refractivity contribution in [2.45, 2.75) is 44.3 Å². The number of rotatable bonds is 9. The summed E-state index contributed by atoms with van der Waals surface area (Å²) in [5.74, 6) is 0.0227. The number of carbonyl (C=O) groups excluding carboxylic acids is 1. The molecule has 6 nitrogen and oxygen atoms in total. The number of hydrogen-bond acceptors (Lipinski definition) is 6. The molecule has 4 rings (SSSR count). The Hall–Kier alpha value is -1.32. The predicted molar refractivity (Wildman–Crippen MR) is 121 cm³/mol. The maximum atomic E-state index is 13.0. The summed E-state index contributed by atoms with van der Waals surface area (Å²) in [5, 5.41) is 2.72. The molecule has 0 spiro atoms. The lowest BCUT2D eigenvalue weighted by Crippen LogP contribution is -2.38. The summed E-state index contributed by atoms with van der Waals surface area (Å²) in [4.78, 5) is 19.6. The predicted octanol–water partition coefficient (Wildman–Crippen LogP) is 4.67. The first-order chi connectivity index (χ1) is 14.7. The van der Waals surface area contributed by atoms with Gasteiger partial charge in [-0.15, -0.1) is 11.3 Å². The first-order valence-corrected chi connectivity index (χ1v) is 12.2. The van der Waals surface area contributed by atoms with Crippen LogP contribution in [0.5, 0.6) is 0 Å². The molecule has 1 aromatic carbocycles. The van der Waals surface area contributed by atoms with Gasteiger partial charge in [0.05, 0.1) is 44.1 Å². The summed E-state index contributed by atoms with van der Waals surface area (Å²) in [7, 11) is 0. The number of amides is 1. The van der Waals surface area contributed by atoms with Gasteiger partial charge in [0.1, 0.15) is 0 Å². The Kier molecular flexibility index (Phi) is 7.89. The van der Waals surface area contributed by atoms with E-state index in [-0.39, 0.29) is 18.1 Å². The number of benzene rings is 1. The highest BCUT2D eigenvalue weighted by atomic mass is 79.9. The van der Waals surface area contributed by atoms with E-state index in [1.54, 1.807) is 4.90 Å². The molecular formula is C22H27BrN2O4S. The quantitative estimate of drug-likeness (QED) is 0.474. The summed E-state index contributed by atoms with van der Waals surface area (Å²) in [6.07, 6.45) is 4.72. The van der Waals surface area contributed by atoms with Crippen molar-refractivity contribution >= 4 is 38.3 Å². The van der Waals surface area contributed by atoms with E-state index in [4.69, 9.17) is 19.2 Å². The van der Waals surface area contributed by atoms with E-state index in [9.17, 15) is 4.79 Å². The Labute approximate surface area is 189 Å². The molecule has 2 fully saturated rings. The van der Waals surface area contributed by atoms with Crippen LogP contribution < -0.4 is 4.90 Å². The molecule has 0 radical (unpaired) electrons. The van der Waals surface area contributed by atoms with Crippen molar-refractivity contribution in [3.8, 4) is 11.3 Å². The van der Waals surface area contributed by atoms with E-state index < -0.39 is 0 Å². The highest BCUT2D eigenvalue weighted by molar-refractivity contribution is 9.10. The van der Waals surface area contributed by atoms with Crippen LogP contribution in [0.4, 0.5) is 5.13 Å². The van der Waals surface area contributed by atoms with Crippen LogP contribution in [0.2, 0.25) is 0 Å². The van der Waals surface area contributed by atoms with E-state index >= 15 is 0 Å². The van der Waals surface area contributed by atoms with Crippen LogP contribution in [-0.2, 0) is 19.0 Å². The van der Waals surface area contributed by atoms with Gasteiger partial charge >= 0.3 is 0 Å². The minimum absolute atomic E-state index is 0.0227. The maximum absolute atomic E-state index is 13.0. The third-order valence-corrected chi connectivity index (χ3v) is 6.75. The number of anilines is 1. The van der Waals surface area contributed by atoms with Gasteiger partial charge in [0.25, 0.3) is 0 Å². The van der Waals surface area contributed by atoms with Gasteiger partial charge in [0, 0.05) is 28.6 Å². The number of ether oxygens (including phenoxy) is 3. The standard InChI is InChI=1S/C22H27BrN2O4S/c23-17-7-5-16(6-8-17)20-15-30-22(24-20)25(13-18-3-1-10-28-18)21(26)9-12-27-14-19-4-2-11-29-19/h5-8,15,18-19H,1-4,9-14H2. The summed E-state index contributed by atoms with van der Waals surface area (Å²) in [5.41, 5.74) is 1.91. The summed E-state index contributed by atoms with van der Waals surface area (Å²) < 4.78 is 18.1. The molecule has 2 aromatic rings. The fourth-order valence-corrected chi connectivity index (χ4v) is 4.83. The summed E-state index contributed by atoms with van der Waals surface area (Å²) in [6.45, 7) is 3.07. The molecule has 1 amide bonds. The molecule has 0 saturated carbocycles. The maximum Gasteiger partial charge on any atom is 0.231 e. The van der Waals surface area contributed by atoms with Gasteiger partial charge in [0.15, 0.2) is 5.13 Å². The molecule has 8 heteroatoms. The zero-order valence-electron chi connectivity index (χ0n) is 16.9. The smallest absolute Gasteiger partial charge is 0.231 e. The topological polar surface area (TPSA) is 60.9 Å². The molecule has 3 heterocycles. The molecule has 0 N–H and O–H groups in total. The lowest BCUT2D eigenvalue weighted by Gasteiger charge is -2.23. The summed E-state index contributed by atoms with van der Waals surface area (Å²) in [6, 6.07) is 8.03. The Morgan fingerprint density at radius 2 is 1.90 bits per heavy atom. The van der Waals surface area contributed by atoms with Crippen molar-refractivity contribution in [1.29, 1.82) is 0 Å². The molecule has 2 unspecified atom stereocenters. The van der Waals surface area contributed by atoms with Gasteiger partial charge in [-0.25, -0.2) is 4.98 Å². The lowest BCUT2D eigenvalue weighted by molar-refractivity contribution is -0.120. The second-order valence-corrected chi connectivity index (χ2v) is 9.37. The van der Waals surface area contributed by atoms with Gasteiger partial charge in [-0.1, -0.05) is 28.1 Å². The van der Waals surface area contributed by atoms with E-state index in [1.165, 1.54) is 11.3 Å². The van der Waals surface area contributed by atoms with Crippen molar-refractivity contribution in [2.75, 3.05) is 37.9 Å². The van der Waals surface area contributed by atoms with Crippen LogP contribution in [0.3, 0.4) is 0 Å². The normalized spacial score (nSPS) is 21.2. The molecule has 2 atom stereocenters. The third-order valence-electron chi connectivity index (χ3n) is 5.36. The first-order valence-electron chi connectivity index (χ1n) is 10.5. The van der Waals surface area contributed by atoms with Crippen molar-refractivity contribution in [3.63, 3.8) is 0 Å². The Balaban J connectivity index is 1.39. The van der Waals surface area contributed by atoms with Gasteiger partial charge in [0.2, 0.25) is 5.91 Å². The number of hydrogen-bond donors (Lipinski definition) is 0. The van der Waals surface area contributed by atoms with Crippen molar-refractivity contribution < 1.29 is 19.0 Å². The number of nitrogens with zero attached hydrogens (tertiary/aromatic N) is 2. The van der Waals surface area contributed by atoms with Crippen LogP contribution in [0, 0.1) is 0 Å². The van der Waals surface area contributed by atoms with Crippen molar-refractivity contribution in [3.05, 3.63) is 34.1 Å². The van der Waals surface area contributed by atoms with Crippen LogP contribution in [0.1, 0.15) is 32.1 Å². The Morgan fingerprint density at radius 1 is 1.17 bits per heavy atom. The van der Waals surface area contributed by atoms with Gasteiger partial charge in [-0.05, 0) is 37.8 Å². The molecule has 2 aliphatic rings. The molecule has 30 heavy (non-hydrogen) atoms. The fraction of sp³-hybridized carbons (Fsp3) is 0.545. The summed E-state index contributed by atoms with van der Waals surface area (Å²) >= 11 is 4.96. The molecule has 1 aromatic heterocycles. The third kappa shape index (κ3) is 5.88. The minimum atomic E-state index is 0.0227. The van der Waals surface area contributed by atoms with Crippen LogP contribution in [0.15, 0.2) is 34.1 Å². The van der Waals surface area contributed by atoms with Crippen molar-refractivity contribution in [1.82, 2.24) is 4.98 Å². The molecule has 2 aliphatic heterocycles. The molecular weight excluding hydrogens is 468 g/mol. The number of carbonyl (C=O) groups is 1. The molecule has 0 bridgehead atoms.